The summed E-state index contributed by atoms with van der Waals surface area (Å²) in [6.07, 6.45) is -0.0183. The number of rotatable bonds is 3. The van der Waals surface area contributed by atoms with Gasteiger partial charge in [0.15, 0.2) is 0 Å². The van der Waals surface area contributed by atoms with Crippen molar-refractivity contribution in [2.45, 2.75) is 26.2 Å². The molecule has 0 fully saturated rings. The first-order valence-corrected chi connectivity index (χ1v) is 5.09. The van der Waals surface area contributed by atoms with Crippen LogP contribution >= 0.6 is 0 Å². The van der Waals surface area contributed by atoms with Gasteiger partial charge in [0.25, 0.3) is 5.69 Å². The summed E-state index contributed by atoms with van der Waals surface area (Å²) >= 11 is 0. The molecule has 0 aliphatic rings. The van der Waals surface area contributed by atoms with Gasteiger partial charge in [-0.05, 0) is 17.5 Å². The molecule has 5 heteroatoms. The van der Waals surface area contributed by atoms with Gasteiger partial charge in [-0.3, -0.25) is 10.1 Å². The predicted octanol–water partition coefficient (Wildman–Crippen LogP) is 2.66. The van der Waals surface area contributed by atoms with E-state index < -0.39 is 4.92 Å². The first-order valence-electron chi connectivity index (χ1n) is 5.09. The molecule has 0 aromatic heterocycles. The average Bonchev–Trinajstić information content (AvgIpc) is 2.28. The number of nitro groups is 1. The van der Waals surface area contributed by atoms with E-state index in [1.807, 2.05) is 26.0 Å². The van der Waals surface area contributed by atoms with Crippen LogP contribution in [0.4, 0.5) is 5.69 Å². The standard InChI is InChI=1S/C12H11N3O2/c1-8(2)11-5-9(7-14)6-12(15(16)17)10(11)3-4-13/h5-6,8H,3H2,1-2H3. The molecule has 0 N–H and O–H groups in total. The lowest BCUT2D eigenvalue weighted by Gasteiger charge is -2.11. The summed E-state index contributed by atoms with van der Waals surface area (Å²) < 4.78 is 0. The Balaban J connectivity index is 3.57. The average molecular weight is 229 g/mol. The SMILES string of the molecule is CC(C)c1cc(C#N)cc([N+](=O)[O-])c1CC#N. The van der Waals surface area contributed by atoms with E-state index >= 15 is 0 Å². The molecule has 0 saturated heterocycles. The number of hydrogen-bond acceptors (Lipinski definition) is 4. The van der Waals surface area contributed by atoms with Crippen LogP contribution in [0.15, 0.2) is 12.1 Å². The van der Waals surface area contributed by atoms with Crippen molar-refractivity contribution in [1.29, 1.82) is 10.5 Å². The molecule has 86 valence electrons. The monoisotopic (exact) mass is 229 g/mol. The molecule has 5 nitrogen and oxygen atoms in total. The molecule has 0 aliphatic carbocycles. The second-order valence-electron chi connectivity index (χ2n) is 3.92. The van der Waals surface area contributed by atoms with Gasteiger partial charge in [-0.2, -0.15) is 10.5 Å². The molecule has 0 amide bonds. The van der Waals surface area contributed by atoms with Crippen LogP contribution in [-0.4, -0.2) is 4.92 Å². The highest BCUT2D eigenvalue weighted by Gasteiger charge is 2.20. The zero-order valence-electron chi connectivity index (χ0n) is 9.60. The summed E-state index contributed by atoms with van der Waals surface area (Å²) in [5.41, 5.74) is 1.21. The topological polar surface area (TPSA) is 90.7 Å². The number of hydrogen-bond donors (Lipinski definition) is 0. The Morgan fingerprint density at radius 1 is 1.41 bits per heavy atom. The van der Waals surface area contributed by atoms with Crippen molar-refractivity contribution in [2.24, 2.45) is 0 Å². The number of benzene rings is 1. The van der Waals surface area contributed by atoms with E-state index in [0.29, 0.717) is 11.1 Å². The molecule has 0 bridgehead atoms. The Morgan fingerprint density at radius 2 is 2.06 bits per heavy atom. The third-order valence-electron chi connectivity index (χ3n) is 2.46. The smallest absolute Gasteiger partial charge is 0.258 e. The molecule has 0 spiro atoms. The minimum Gasteiger partial charge on any atom is -0.258 e. The van der Waals surface area contributed by atoms with Crippen LogP contribution in [0.3, 0.4) is 0 Å². The summed E-state index contributed by atoms with van der Waals surface area (Å²) in [6.45, 7) is 3.75. The molecule has 0 radical (unpaired) electrons. The number of nitriles is 2. The van der Waals surface area contributed by atoms with E-state index in [-0.39, 0.29) is 23.6 Å². The van der Waals surface area contributed by atoms with Crippen LogP contribution in [0.25, 0.3) is 0 Å². The first kappa shape index (κ1) is 12.7. The molecular weight excluding hydrogens is 218 g/mol. The van der Waals surface area contributed by atoms with Crippen molar-refractivity contribution in [3.8, 4) is 12.1 Å². The van der Waals surface area contributed by atoms with Gasteiger partial charge >= 0.3 is 0 Å². The lowest BCUT2D eigenvalue weighted by molar-refractivity contribution is -0.385. The lowest BCUT2D eigenvalue weighted by atomic mass is 9.92. The fraction of sp³-hybridized carbons (Fsp3) is 0.333. The van der Waals surface area contributed by atoms with Gasteiger partial charge in [0, 0.05) is 11.6 Å². The minimum absolute atomic E-state index is 0.0183. The Labute approximate surface area is 99.1 Å². The number of nitro benzene ring substituents is 1. The first-order chi connectivity index (χ1) is 8.01. The Morgan fingerprint density at radius 3 is 2.47 bits per heavy atom. The maximum atomic E-state index is 10.9. The van der Waals surface area contributed by atoms with Gasteiger partial charge < -0.3 is 0 Å². The van der Waals surface area contributed by atoms with E-state index in [9.17, 15) is 10.1 Å². The second-order valence-corrected chi connectivity index (χ2v) is 3.92. The van der Waals surface area contributed by atoms with Gasteiger partial charge in [0.2, 0.25) is 0 Å². The van der Waals surface area contributed by atoms with Crippen LogP contribution in [0.5, 0.6) is 0 Å². The van der Waals surface area contributed by atoms with Gasteiger partial charge in [-0.1, -0.05) is 13.8 Å². The summed E-state index contributed by atoms with van der Waals surface area (Å²) in [7, 11) is 0. The van der Waals surface area contributed by atoms with Gasteiger partial charge in [-0.25, -0.2) is 0 Å². The van der Waals surface area contributed by atoms with Crippen LogP contribution in [0, 0.1) is 32.8 Å². The molecule has 0 heterocycles. The maximum Gasteiger partial charge on any atom is 0.275 e. The quantitative estimate of drug-likeness (QED) is 0.588. The Hall–Kier alpha value is -2.40. The predicted molar refractivity (Wildman–Crippen MR) is 61.2 cm³/mol. The molecule has 0 aliphatic heterocycles. The van der Waals surface area contributed by atoms with Crippen molar-refractivity contribution < 1.29 is 4.92 Å². The van der Waals surface area contributed by atoms with Gasteiger partial charge in [-0.15, -0.1) is 0 Å². The highest BCUT2D eigenvalue weighted by Crippen LogP contribution is 2.29. The second kappa shape index (κ2) is 5.09. The summed E-state index contributed by atoms with van der Waals surface area (Å²) in [4.78, 5) is 10.4. The molecule has 0 saturated carbocycles. The highest BCUT2D eigenvalue weighted by molar-refractivity contribution is 5.53. The van der Waals surface area contributed by atoms with Crippen molar-refractivity contribution in [1.82, 2.24) is 0 Å². The van der Waals surface area contributed by atoms with E-state index in [4.69, 9.17) is 10.5 Å². The van der Waals surface area contributed by atoms with Crippen LogP contribution in [0.1, 0.15) is 36.5 Å². The van der Waals surface area contributed by atoms with E-state index in [2.05, 4.69) is 0 Å². The molecule has 1 rings (SSSR count). The van der Waals surface area contributed by atoms with Gasteiger partial charge in [0.05, 0.1) is 29.0 Å². The zero-order valence-corrected chi connectivity index (χ0v) is 9.60. The molecule has 0 atom stereocenters. The normalized spacial score (nSPS) is 9.71. The number of nitrogens with zero attached hydrogens (tertiary/aromatic N) is 3. The zero-order chi connectivity index (χ0) is 13.0. The molecular formula is C12H11N3O2. The van der Waals surface area contributed by atoms with Crippen LogP contribution < -0.4 is 0 Å². The minimum atomic E-state index is -0.542. The van der Waals surface area contributed by atoms with E-state index in [1.165, 1.54) is 6.07 Å². The Kier molecular flexibility index (Phi) is 3.79. The fourth-order valence-corrected chi connectivity index (χ4v) is 1.69. The summed E-state index contributed by atoms with van der Waals surface area (Å²) in [5, 5.41) is 28.5. The molecule has 1 aromatic rings. The largest absolute Gasteiger partial charge is 0.275 e. The van der Waals surface area contributed by atoms with Gasteiger partial charge in [0.1, 0.15) is 0 Å². The van der Waals surface area contributed by atoms with Crippen molar-refractivity contribution in [3.63, 3.8) is 0 Å². The third kappa shape index (κ3) is 2.59. The Bertz CT molecular complexity index is 536. The highest BCUT2D eigenvalue weighted by atomic mass is 16.6. The maximum absolute atomic E-state index is 10.9. The van der Waals surface area contributed by atoms with E-state index in [1.54, 1.807) is 6.07 Å². The fourth-order valence-electron chi connectivity index (χ4n) is 1.69. The third-order valence-corrected chi connectivity index (χ3v) is 2.46. The summed E-state index contributed by atoms with van der Waals surface area (Å²) in [6, 6.07) is 6.66. The van der Waals surface area contributed by atoms with Crippen molar-refractivity contribution in [2.75, 3.05) is 0 Å². The van der Waals surface area contributed by atoms with Crippen molar-refractivity contribution in [3.05, 3.63) is 38.9 Å². The molecule has 17 heavy (non-hydrogen) atoms. The molecule has 1 aromatic carbocycles. The van der Waals surface area contributed by atoms with Crippen molar-refractivity contribution >= 4 is 5.69 Å². The van der Waals surface area contributed by atoms with Crippen LogP contribution in [-0.2, 0) is 6.42 Å². The van der Waals surface area contributed by atoms with E-state index in [0.717, 1.165) is 0 Å². The van der Waals surface area contributed by atoms with Crippen LogP contribution in [0.2, 0.25) is 0 Å². The molecule has 0 unspecified atom stereocenters. The lowest BCUT2D eigenvalue weighted by Crippen LogP contribution is -2.03. The summed E-state index contributed by atoms with van der Waals surface area (Å²) in [5.74, 6) is 0.0327.